The molecule has 4 rings (SSSR count). The molecule has 1 atom stereocenters. The number of thioether (sulfide) groups is 1. The molecule has 1 saturated heterocycles. The normalized spacial score (nSPS) is 25.4. The molecule has 0 saturated carbocycles. The van der Waals surface area contributed by atoms with Gasteiger partial charge in [0.2, 0.25) is 0 Å². The van der Waals surface area contributed by atoms with E-state index in [0.29, 0.717) is 31.0 Å². The van der Waals surface area contributed by atoms with E-state index in [4.69, 9.17) is 9.84 Å². The average Bonchev–Trinajstić information content (AvgIpc) is 3.05. The highest BCUT2D eigenvalue weighted by molar-refractivity contribution is 8.03. The highest BCUT2D eigenvalue weighted by Gasteiger charge is 2.49. The number of nitrogens with zero attached hydrogens (tertiary/aromatic N) is 3. The smallest absolute Gasteiger partial charge is 0.353 e. The Morgan fingerprint density at radius 2 is 2.43 bits per heavy atom. The minimum absolute atomic E-state index is 0.0460. The Kier molecular flexibility index (Phi) is 2.69. The van der Waals surface area contributed by atoms with Gasteiger partial charge in [0.05, 0.1) is 36.7 Å². The van der Waals surface area contributed by atoms with Crippen LogP contribution in [0.3, 0.4) is 0 Å². The lowest BCUT2D eigenvalue weighted by atomic mass is 10.0. The molecule has 1 aromatic heterocycles. The number of carboxylic acids is 1. The van der Waals surface area contributed by atoms with Gasteiger partial charge in [0.25, 0.3) is 5.91 Å². The van der Waals surface area contributed by atoms with Gasteiger partial charge in [0.1, 0.15) is 11.1 Å². The summed E-state index contributed by atoms with van der Waals surface area (Å²) in [7, 11) is 0. The number of fused-ring (bicyclic) bond motifs is 2. The van der Waals surface area contributed by atoms with Crippen LogP contribution in [0.5, 0.6) is 0 Å². The summed E-state index contributed by atoms with van der Waals surface area (Å²) in [5.41, 5.74) is 2.33. The summed E-state index contributed by atoms with van der Waals surface area (Å²) in [6, 6.07) is 1.90. The summed E-state index contributed by atoms with van der Waals surface area (Å²) in [6.07, 6.45) is 1.74. The van der Waals surface area contributed by atoms with Gasteiger partial charge in [-0.15, -0.1) is 11.8 Å². The highest BCUT2D eigenvalue weighted by atomic mass is 32.2. The highest BCUT2D eigenvalue weighted by Crippen LogP contribution is 2.45. The van der Waals surface area contributed by atoms with E-state index in [1.807, 2.05) is 10.7 Å². The van der Waals surface area contributed by atoms with Gasteiger partial charge in [-0.2, -0.15) is 5.10 Å². The first-order valence-corrected chi connectivity index (χ1v) is 7.38. The Morgan fingerprint density at radius 1 is 1.57 bits per heavy atom. The van der Waals surface area contributed by atoms with Crippen LogP contribution < -0.4 is 0 Å². The van der Waals surface area contributed by atoms with Gasteiger partial charge in [0.15, 0.2) is 0 Å². The second-order valence-corrected chi connectivity index (χ2v) is 5.86. The summed E-state index contributed by atoms with van der Waals surface area (Å²) >= 11 is 1.33. The maximum Gasteiger partial charge on any atom is 0.353 e. The summed E-state index contributed by atoms with van der Waals surface area (Å²) in [5, 5.41) is 14.7. The number of ether oxygens (including phenoxy) is 1. The van der Waals surface area contributed by atoms with Gasteiger partial charge in [0, 0.05) is 5.41 Å². The third kappa shape index (κ3) is 1.83. The van der Waals surface area contributed by atoms with Crippen molar-refractivity contribution in [3.8, 4) is 0 Å². The van der Waals surface area contributed by atoms with Crippen molar-refractivity contribution < 1.29 is 19.4 Å². The number of β-lactam (4-membered cyclic amide) rings is 1. The fourth-order valence-corrected chi connectivity index (χ4v) is 3.73. The first kappa shape index (κ1) is 12.7. The van der Waals surface area contributed by atoms with Crippen molar-refractivity contribution in [1.82, 2.24) is 14.7 Å². The van der Waals surface area contributed by atoms with Crippen LogP contribution in [0.15, 0.2) is 22.7 Å². The van der Waals surface area contributed by atoms with E-state index in [1.165, 1.54) is 22.1 Å². The number of hydrogen-bond acceptors (Lipinski definition) is 5. The van der Waals surface area contributed by atoms with Crippen molar-refractivity contribution in [2.45, 2.75) is 18.5 Å². The molecule has 0 aromatic carbocycles. The number of amides is 1. The van der Waals surface area contributed by atoms with Crippen LogP contribution in [-0.4, -0.2) is 43.6 Å². The monoisotopic (exact) mass is 305 g/mol. The molecule has 1 amide bonds. The zero-order valence-electron chi connectivity index (χ0n) is 10.9. The van der Waals surface area contributed by atoms with Gasteiger partial charge in [-0.3, -0.25) is 14.4 Å². The molecule has 1 fully saturated rings. The third-order valence-corrected chi connectivity index (χ3v) is 4.72. The van der Waals surface area contributed by atoms with Gasteiger partial charge in [-0.05, 0) is 12.1 Å². The average molecular weight is 305 g/mol. The molecule has 21 heavy (non-hydrogen) atoms. The van der Waals surface area contributed by atoms with Crippen LogP contribution in [-0.2, 0) is 27.5 Å². The lowest BCUT2D eigenvalue weighted by molar-refractivity contribution is -0.141. The SMILES string of the molecule is O=C(O)C1=CSC2/C(=C\c3cc4n(n3)CCOC4)C(=O)N12. The Labute approximate surface area is 123 Å². The standard InChI is InChI=1S/C13H11N3O4S/c17-11-9(12-16(11)10(6-21-12)13(18)19)4-7-3-8-5-20-2-1-15(8)14-7/h3-4,6,12H,1-2,5H2,(H,18,19)/b9-4-. The number of carbonyl (C=O) groups excluding carboxylic acids is 1. The topological polar surface area (TPSA) is 84.7 Å². The number of aliphatic carboxylic acids is 1. The Bertz CT molecular complexity index is 697. The van der Waals surface area contributed by atoms with E-state index in [-0.39, 0.29) is 17.0 Å². The molecule has 0 aliphatic carbocycles. The lowest BCUT2D eigenvalue weighted by Gasteiger charge is -2.36. The van der Waals surface area contributed by atoms with E-state index in [1.54, 1.807) is 6.08 Å². The first-order chi connectivity index (χ1) is 10.1. The first-order valence-electron chi connectivity index (χ1n) is 6.44. The molecular weight excluding hydrogens is 294 g/mol. The van der Waals surface area contributed by atoms with E-state index in [9.17, 15) is 9.59 Å². The van der Waals surface area contributed by atoms with Crippen LogP contribution in [0.1, 0.15) is 11.4 Å². The summed E-state index contributed by atoms with van der Waals surface area (Å²) in [4.78, 5) is 24.4. The number of carbonyl (C=O) groups is 2. The maximum absolute atomic E-state index is 12.1. The minimum Gasteiger partial charge on any atom is -0.477 e. The molecule has 3 aliphatic rings. The zero-order chi connectivity index (χ0) is 14.6. The quantitative estimate of drug-likeness (QED) is 0.637. The summed E-state index contributed by atoms with van der Waals surface area (Å²) in [5.74, 6) is -1.34. The van der Waals surface area contributed by atoms with Crippen molar-refractivity contribution in [1.29, 1.82) is 0 Å². The molecule has 8 heteroatoms. The van der Waals surface area contributed by atoms with Gasteiger partial charge in [-0.25, -0.2) is 4.79 Å². The van der Waals surface area contributed by atoms with E-state index < -0.39 is 5.97 Å². The van der Waals surface area contributed by atoms with Crippen molar-refractivity contribution in [3.63, 3.8) is 0 Å². The van der Waals surface area contributed by atoms with Crippen molar-refractivity contribution in [3.05, 3.63) is 34.1 Å². The van der Waals surface area contributed by atoms with Crippen LogP contribution in [0, 0.1) is 0 Å². The molecule has 108 valence electrons. The van der Waals surface area contributed by atoms with Crippen molar-refractivity contribution >= 4 is 29.7 Å². The van der Waals surface area contributed by atoms with Crippen molar-refractivity contribution in [2.24, 2.45) is 0 Å². The molecule has 0 spiro atoms. The fourth-order valence-electron chi connectivity index (χ4n) is 2.61. The minimum atomic E-state index is -1.08. The number of carboxylic acid groups (broad SMARTS) is 1. The van der Waals surface area contributed by atoms with E-state index in [0.717, 1.165) is 5.69 Å². The Morgan fingerprint density at radius 3 is 3.19 bits per heavy atom. The summed E-state index contributed by atoms with van der Waals surface area (Å²) < 4.78 is 7.23. The second kappa shape index (κ2) is 4.47. The van der Waals surface area contributed by atoms with Crippen LogP contribution in [0.4, 0.5) is 0 Å². The van der Waals surface area contributed by atoms with Crippen molar-refractivity contribution in [2.75, 3.05) is 6.61 Å². The Balaban J connectivity index is 1.60. The predicted molar refractivity (Wildman–Crippen MR) is 73.8 cm³/mol. The van der Waals surface area contributed by atoms with E-state index >= 15 is 0 Å². The second-order valence-electron chi connectivity index (χ2n) is 4.91. The van der Waals surface area contributed by atoms with Gasteiger partial charge >= 0.3 is 5.97 Å². The van der Waals surface area contributed by atoms with Crippen LogP contribution >= 0.6 is 11.8 Å². The maximum atomic E-state index is 12.1. The molecule has 0 bridgehead atoms. The fraction of sp³-hybridized carbons (Fsp3) is 0.308. The molecule has 1 N–H and O–H groups in total. The van der Waals surface area contributed by atoms with Gasteiger partial charge in [-0.1, -0.05) is 0 Å². The molecule has 0 radical (unpaired) electrons. The van der Waals surface area contributed by atoms with Crippen LogP contribution in [0.25, 0.3) is 6.08 Å². The largest absolute Gasteiger partial charge is 0.477 e. The molecule has 1 unspecified atom stereocenters. The van der Waals surface area contributed by atoms with Gasteiger partial charge < -0.3 is 9.84 Å². The molecular formula is C13H11N3O4S. The van der Waals surface area contributed by atoms with E-state index in [2.05, 4.69) is 5.10 Å². The lowest BCUT2D eigenvalue weighted by Crippen LogP contribution is -2.51. The zero-order valence-corrected chi connectivity index (χ0v) is 11.7. The molecule has 4 heterocycles. The Hall–Kier alpha value is -2.06. The molecule has 3 aliphatic heterocycles. The number of hydrogen-bond donors (Lipinski definition) is 1. The number of rotatable bonds is 2. The number of aromatic nitrogens is 2. The third-order valence-electron chi connectivity index (χ3n) is 3.64. The molecule has 7 nitrogen and oxygen atoms in total. The summed E-state index contributed by atoms with van der Waals surface area (Å²) in [6.45, 7) is 1.88. The molecule has 1 aromatic rings. The van der Waals surface area contributed by atoms with Crippen LogP contribution in [0.2, 0.25) is 0 Å². The predicted octanol–water partition coefficient (Wildman–Crippen LogP) is 0.638.